The lowest BCUT2D eigenvalue weighted by Gasteiger charge is -2.22. The van der Waals surface area contributed by atoms with Gasteiger partial charge in [0.1, 0.15) is 0 Å². The third-order valence-corrected chi connectivity index (χ3v) is 5.21. The van der Waals surface area contributed by atoms with E-state index in [-0.39, 0.29) is 5.25 Å². The molecule has 2 atom stereocenters. The van der Waals surface area contributed by atoms with Crippen LogP contribution in [0.4, 0.5) is 0 Å². The summed E-state index contributed by atoms with van der Waals surface area (Å²) in [7, 11) is 0. The normalized spacial score (nSPS) is 14.0. The standard InChI is InChI=1S/C18H21ClOS/c1-11-9-13(3)17(10-12(11)2)18(20)14(4)21-16-7-5-15(19)6-8-16/h5-10,14,18,20H,1-4H3/t14-,18+/m1/s1. The highest BCUT2D eigenvalue weighted by molar-refractivity contribution is 8.00. The van der Waals surface area contributed by atoms with Gasteiger partial charge in [-0.15, -0.1) is 11.8 Å². The summed E-state index contributed by atoms with van der Waals surface area (Å²) in [6.07, 6.45) is -0.482. The molecule has 2 aromatic carbocycles. The molecule has 0 saturated heterocycles. The molecule has 0 heterocycles. The van der Waals surface area contributed by atoms with Crippen LogP contribution in [0.15, 0.2) is 41.3 Å². The minimum absolute atomic E-state index is 0.0759. The number of hydrogen-bond acceptors (Lipinski definition) is 2. The number of benzene rings is 2. The Bertz CT molecular complexity index is 622. The van der Waals surface area contributed by atoms with Crippen LogP contribution in [0.2, 0.25) is 5.02 Å². The van der Waals surface area contributed by atoms with Gasteiger partial charge in [-0.25, -0.2) is 0 Å². The molecule has 3 heteroatoms. The highest BCUT2D eigenvalue weighted by atomic mass is 35.5. The smallest absolute Gasteiger partial charge is 0.0912 e. The largest absolute Gasteiger partial charge is 0.387 e. The average molecular weight is 321 g/mol. The Labute approximate surface area is 136 Å². The van der Waals surface area contributed by atoms with E-state index < -0.39 is 6.10 Å². The fraction of sp³-hybridized carbons (Fsp3) is 0.333. The van der Waals surface area contributed by atoms with Crippen LogP contribution in [0.5, 0.6) is 0 Å². The minimum Gasteiger partial charge on any atom is -0.387 e. The van der Waals surface area contributed by atoms with Gasteiger partial charge in [-0.05, 0) is 67.3 Å². The van der Waals surface area contributed by atoms with Crippen LogP contribution in [0, 0.1) is 20.8 Å². The second-order valence-corrected chi connectivity index (χ2v) is 7.40. The number of aliphatic hydroxyl groups is 1. The monoisotopic (exact) mass is 320 g/mol. The van der Waals surface area contributed by atoms with Gasteiger partial charge in [0.2, 0.25) is 0 Å². The molecule has 2 aromatic rings. The van der Waals surface area contributed by atoms with Gasteiger partial charge < -0.3 is 5.11 Å². The Balaban J connectivity index is 2.17. The first-order valence-electron chi connectivity index (χ1n) is 7.06. The molecule has 0 unspecified atom stereocenters. The zero-order valence-corrected chi connectivity index (χ0v) is 14.4. The summed E-state index contributed by atoms with van der Waals surface area (Å²) < 4.78 is 0. The molecule has 1 N–H and O–H groups in total. The number of rotatable bonds is 4. The van der Waals surface area contributed by atoms with Crippen molar-refractivity contribution in [1.82, 2.24) is 0 Å². The second-order valence-electron chi connectivity index (χ2n) is 5.51. The Morgan fingerprint density at radius 3 is 2.14 bits per heavy atom. The van der Waals surface area contributed by atoms with Crippen molar-refractivity contribution in [1.29, 1.82) is 0 Å². The molecular weight excluding hydrogens is 300 g/mol. The third-order valence-electron chi connectivity index (χ3n) is 3.78. The minimum atomic E-state index is -0.482. The lowest BCUT2D eigenvalue weighted by atomic mass is 9.96. The van der Waals surface area contributed by atoms with Crippen molar-refractivity contribution in [2.75, 3.05) is 0 Å². The van der Waals surface area contributed by atoms with Crippen LogP contribution in [-0.2, 0) is 0 Å². The quantitative estimate of drug-likeness (QED) is 0.753. The summed E-state index contributed by atoms with van der Waals surface area (Å²) in [6, 6.07) is 12.0. The molecule has 0 bridgehead atoms. The van der Waals surface area contributed by atoms with E-state index in [0.717, 1.165) is 21.0 Å². The van der Waals surface area contributed by atoms with Crippen molar-refractivity contribution < 1.29 is 5.11 Å². The summed E-state index contributed by atoms with van der Waals surface area (Å²) in [5, 5.41) is 11.5. The number of thioether (sulfide) groups is 1. The summed E-state index contributed by atoms with van der Waals surface area (Å²) >= 11 is 7.57. The highest BCUT2D eigenvalue weighted by Crippen LogP contribution is 2.34. The summed E-state index contributed by atoms with van der Waals surface area (Å²) in [6.45, 7) is 8.30. The van der Waals surface area contributed by atoms with E-state index in [1.54, 1.807) is 11.8 Å². The van der Waals surface area contributed by atoms with Crippen LogP contribution in [0.3, 0.4) is 0 Å². The SMILES string of the molecule is Cc1cc(C)c([C@@H](O)[C@@H](C)Sc2ccc(Cl)cc2)cc1C. The van der Waals surface area contributed by atoms with Gasteiger partial charge in [-0.3, -0.25) is 0 Å². The molecule has 0 radical (unpaired) electrons. The molecule has 1 nitrogen and oxygen atoms in total. The molecule has 0 spiro atoms. The Kier molecular flexibility index (Phi) is 5.37. The first-order chi connectivity index (χ1) is 9.88. The van der Waals surface area contributed by atoms with Gasteiger partial charge in [0.15, 0.2) is 0 Å². The van der Waals surface area contributed by atoms with E-state index in [2.05, 4.69) is 39.8 Å². The van der Waals surface area contributed by atoms with Crippen molar-refractivity contribution in [3.05, 3.63) is 63.7 Å². The van der Waals surface area contributed by atoms with Crippen LogP contribution in [0.1, 0.15) is 35.3 Å². The Morgan fingerprint density at radius 1 is 0.952 bits per heavy atom. The number of halogens is 1. The fourth-order valence-corrected chi connectivity index (χ4v) is 3.47. The first-order valence-corrected chi connectivity index (χ1v) is 8.32. The van der Waals surface area contributed by atoms with E-state index in [0.29, 0.717) is 0 Å². The van der Waals surface area contributed by atoms with Crippen molar-refractivity contribution >= 4 is 23.4 Å². The molecule has 0 amide bonds. The van der Waals surface area contributed by atoms with Crippen LogP contribution in [-0.4, -0.2) is 10.4 Å². The lowest BCUT2D eigenvalue weighted by molar-refractivity contribution is 0.178. The van der Waals surface area contributed by atoms with Crippen molar-refractivity contribution in [3.63, 3.8) is 0 Å². The number of hydrogen-bond donors (Lipinski definition) is 1. The molecule has 0 fully saturated rings. The van der Waals surface area contributed by atoms with Gasteiger partial charge >= 0.3 is 0 Å². The maximum Gasteiger partial charge on any atom is 0.0912 e. The molecule has 0 saturated carbocycles. The van der Waals surface area contributed by atoms with E-state index in [1.807, 2.05) is 24.3 Å². The second kappa shape index (κ2) is 6.87. The zero-order chi connectivity index (χ0) is 15.6. The molecule has 0 aliphatic carbocycles. The molecule has 0 aromatic heterocycles. The molecule has 112 valence electrons. The summed E-state index contributed by atoms with van der Waals surface area (Å²) in [5.74, 6) is 0. The predicted octanol–water partition coefficient (Wildman–Crippen LogP) is 5.48. The van der Waals surface area contributed by atoms with Crippen molar-refractivity contribution in [2.24, 2.45) is 0 Å². The Morgan fingerprint density at radius 2 is 1.52 bits per heavy atom. The van der Waals surface area contributed by atoms with Crippen LogP contribution >= 0.6 is 23.4 Å². The third kappa shape index (κ3) is 4.03. The molecule has 2 rings (SSSR count). The predicted molar refractivity (Wildman–Crippen MR) is 92.4 cm³/mol. The topological polar surface area (TPSA) is 20.2 Å². The van der Waals surface area contributed by atoms with Gasteiger partial charge in [0, 0.05) is 15.2 Å². The summed E-state index contributed by atoms with van der Waals surface area (Å²) in [5.41, 5.74) is 4.65. The van der Waals surface area contributed by atoms with Crippen molar-refractivity contribution in [2.45, 2.75) is 43.9 Å². The van der Waals surface area contributed by atoms with Gasteiger partial charge in [-0.2, -0.15) is 0 Å². The average Bonchev–Trinajstić information content (AvgIpc) is 2.44. The van der Waals surface area contributed by atoms with E-state index >= 15 is 0 Å². The van der Waals surface area contributed by atoms with E-state index in [9.17, 15) is 5.11 Å². The lowest BCUT2D eigenvalue weighted by Crippen LogP contribution is -2.13. The van der Waals surface area contributed by atoms with Gasteiger partial charge in [0.05, 0.1) is 6.10 Å². The van der Waals surface area contributed by atoms with Gasteiger partial charge in [-0.1, -0.05) is 30.7 Å². The zero-order valence-electron chi connectivity index (χ0n) is 12.9. The maximum absolute atomic E-state index is 10.7. The molecule has 21 heavy (non-hydrogen) atoms. The highest BCUT2D eigenvalue weighted by Gasteiger charge is 2.20. The van der Waals surface area contributed by atoms with Crippen molar-refractivity contribution in [3.8, 4) is 0 Å². The fourth-order valence-electron chi connectivity index (χ4n) is 2.35. The van der Waals surface area contributed by atoms with E-state index in [1.165, 1.54) is 11.1 Å². The maximum atomic E-state index is 10.7. The molecular formula is C18H21ClOS. The molecule has 0 aliphatic rings. The van der Waals surface area contributed by atoms with Crippen LogP contribution in [0.25, 0.3) is 0 Å². The first kappa shape index (κ1) is 16.4. The Hall–Kier alpha value is -0.960. The molecule has 0 aliphatic heterocycles. The number of aryl methyl sites for hydroxylation is 3. The van der Waals surface area contributed by atoms with Crippen LogP contribution < -0.4 is 0 Å². The van der Waals surface area contributed by atoms with Gasteiger partial charge in [0.25, 0.3) is 0 Å². The number of aliphatic hydroxyl groups excluding tert-OH is 1. The summed E-state index contributed by atoms with van der Waals surface area (Å²) in [4.78, 5) is 1.12. The van der Waals surface area contributed by atoms with E-state index in [4.69, 9.17) is 11.6 Å².